The smallest absolute Gasteiger partial charge is 0.230 e. The number of H-pyrrole nitrogens is 1. The largest absolute Gasteiger partial charge is 0.390 e. The highest BCUT2D eigenvalue weighted by atomic mass is 79.9. The Labute approximate surface area is 394 Å². The predicted molar refractivity (Wildman–Crippen MR) is 256 cm³/mol. The summed E-state index contributed by atoms with van der Waals surface area (Å²) in [6.07, 6.45) is 25.9. The molecule has 8 aliphatic carbocycles. The average Bonchev–Trinajstić information content (AvgIpc) is 4.01. The van der Waals surface area contributed by atoms with Crippen LogP contribution in [-0.4, -0.2) is 57.8 Å². The molecule has 8 aliphatic rings. The minimum atomic E-state index is -0.518. The second-order valence-electron chi connectivity index (χ2n) is 23.4. The summed E-state index contributed by atoms with van der Waals surface area (Å²) in [6, 6.07) is 0. The number of aromatic amines is 1. The van der Waals surface area contributed by atoms with Crippen LogP contribution in [0.5, 0.6) is 0 Å². The zero-order valence-corrected chi connectivity index (χ0v) is 39.5. The quantitative estimate of drug-likeness (QED) is 0.257. The molecule has 8 nitrogen and oxygen atoms in total. The third-order valence-electron chi connectivity index (χ3n) is 20.2. The Morgan fingerprint density at radius 1 is 0.672 bits per heavy atom. The van der Waals surface area contributed by atoms with Crippen molar-refractivity contribution in [3.63, 3.8) is 0 Å². The molecular formula is C53H87BrF2N4O4. The first kappa shape index (κ1) is 53.0. The van der Waals surface area contributed by atoms with Crippen LogP contribution in [0, 0.1) is 92.7 Å². The lowest BCUT2D eigenvalue weighted by molar-refractivity contribution is -0.151. The third-order valence-corrected chi connectivity index (χ3v) is 20.8. The molecule has 2 heterocycles. The molecular weight excluding hydrogens is 875 g/mol. The number of carbonyl (C=O) groups excluding carboxylic acids is 2. The first-order valence-electron chi connectivity index (χ1n) is 24.1. The van der Waals surface area contributed by atoms with E-state index in [1.165, 1.54) is 76.6 Å². The average molecular weight is 962 g/mol. The predicted octanol–water partition coefficient (Wildman–Crippen LogP) is 12.8. The maximum Gasteiger partial charge on any atom is 0.230 e. The monoisotopic (exact) mass is 961 g/mol. The van der Waals surface area contributed by atoms with Crippen molar-refractivity contribution in [3.05, 3.63) is 36.9 Å². The van der Waals surface area contributed by atoms with Gasteiger partial charge in [-0.2, -0.15) is 8.78 Å². The van der Waals surface area contributed by atoms with E-state index in [1.807, 2.05) is 13.8 Å². The molecule has 2 aromatic heterocycles. The summed E-state index contributed by atoms with van der Waals surface area (Å²) in [5.41, 5.74) is 0.168. The first-order chi connectivity index (χ1) is 28.7. The van der Waals surface area contributed by atoms with E-state index in [0.717, 1.165) is 93.6 Å². The van der Waals surface area contributed by atoms with Gasteiger partial charge in [-0.3, -0.25) is 9.59 Å². The van der Waals surface area contributed by atoms with E-state index in [2.05, 4.69) is 58.6 Å². The molecule has 10 rings (SSSR count). The standard InChI is InChI=1S/C25H37FN2O2.C22H35BrO2.C3H3FN2.3CH4/c1-23(30)10-11-24(2)16(12-23)4-5-17-18-6-7-20(25(18,3)9-8-19(17)24)21(29)13-28-14-22(26)27-15-28;1-20(25)10-11-21(2)14(12-20)4-5-15-16-6-7-18(19(24)13-23)22(16,3)9-8-17(15)21;4-3-1-5-2-6-3;;;/h14-20,30H,4-13H2,1-3H3;14-18,25H,4-13H2,1-3H3;1-2H,(H,5,6);3*1H4/t16-,17-,18-,19-,20+,23+,24-,25-;14-,15-,16-,17-,18+,20+,21-,22-;;;;/m00..../s1. The highest BCUT2D eigenvalue weighted by Gasteiger charge is 2.63. The number of imidazole rings is 2. The minimum Gasteiger partial charge on any atom is -0.390 e. The van der Waals surface area contributed by atoms with Gasteiger partial charge < -0.3 is 19.8 Å². The number of carbonyl (C=O) groups is 2. The zero-order valence-electron chi connectivity index (χ0n) is 37.9. The van der Waals surface area contributed by atoms with Crippen molar-refractivity contribution in [2.75, 3.05) is 5.33 Å². The van der Waals surface area contributed by atoms with E-state index in [0.29, 0.717) is 39.7 Å². The van der Waals surface area contributed by atoms with Crippen molar-refractivity contribution in [1.29, 1.82) is 0 Å². The molecule has 11 heteroatoms. The Hall–Kier alpha value is -1.98. The number of halogens is 3. The normalized spacial score (nSPS) is 44.9. The van der Waals surface area contributed by atoms with Gasteiger partial charge in [0, 0.05) is 11.8 Å². The number of aliphatic hydroxyl groups is 2. The van der Waals surface area contributed by atoms with Crippen molar-refractivity contribution >= 4 is 27.5 Å². The van der Waals surface area contributed by atoms with Gasteiger partial charge in [0.05, 0.1) is 48.1 Å². The molecule has 0 aliphatic heterocycles. The molecule has 64 heavy (non-hydrogen) atoms. The Balaban J connectivity index is 0.000000206. The number of aromatic nitrogens is 4. The third kappa shape index (κ3) is 9.54. The van der Waals surface area contributed by atoms with Crippen molar-refractivity contribution in [2.45, 2.75) is 197 Å². The summed E-state index contributed by atoms with van der Waals surface area (Å²) in [7, 11) is 0. The molecule has 16 atom stereocenters. The summed E-state index contributed by atoms with van der Waals surface area (Å²) in [6.45, 7) is 14.2. The van der Waals surface area contributed by atoms with Gasteiger partial charge in [-0.05, 0) is 198 Å². The van der Waals surface area contributed by atoms with Gasteiger partial charge in [0.25, 0.3) is 0 Å². The fourth-order valence-corrected chi connectivity index (χ4v) is 17.4. The number of nitrogens with zero attached hydrogens (tertiary/aromatic N) is 3. The van der Waals surface area contributed by atoms with Crippen molar-refractivity contribution < 1.29 is 28.6 Å². The van der Waals surface area contributed by atoms with E-state index in [1.54, 1.807) is 4.57 Å². The van der Waals surface area contributed by atoms with Crippen LogP contribution in [-0.2, 0) is 16.1 Å². The lowest BCUT2D eigenvalue weighted by Crippen LogP contribution is -2.55. The van der Waals surface area contributed by atoms with Gasteiger partial charge in [-0.25, -0.2) is 9.97 Å². The van der Waals surface area contributed by atoms with E-state index in [4.69, 9.17) is 0 Å². The van der Waals surface area contributed by atoms with Crippen LogP contribution in [0.25, 0.3) is 0 Å². The molecule has 0 saturated heterocycles. The van der Waals surface area contributed by atoms with Gasteiger partial charge in [0.2, 0.25) is 11.9 Å². The van der Waals surface area contributed by atoms with E-state index in [-0.39, 0.29) is 57.3 Å². The van der Waals surface area contributed by atoms with Crippen LogP contribution >= 0.6 is 15.9 Å². The van der Waals surface area contributed by atoms with Crippen molar-refractivity contribution in [3.8, 4) is 0 Å². The molecule has 3 N–H and O–H groups in total. The molecule has 364 valence electrons. The molecule has 0 spiro atoms. The number of fused-ring (bicyclic) bond motifs is 10. The number of nitrogens with one attached hydrogen (secondary N) is 1. The van der Waals surface area contributed by atoms with Gasteiger partial charge in [-0.15, -0.1) is 0 Å². The topological polar surface area (TPSA) is 121 Å². The summed E-state index contributed by atoms with van der Waals surface area (Å²) >= 11 is 3.43. The molecule has 0 bridgehead atoms. The summed E-state index contributed by atoms with van der Waals surface area (Å²) < 4.78 is 26.4. The van der Waals surface area contributed by atoms with Crippen LogP contribution in [0.4, 0.5) is 8.78 Å². The number of rotatable bonds is 5. The number of alkyl halides is 1. The van der Waals surface area contributed by atoms with Crippen LogP contribution in [0.3, 0.4) is 0 Å². The molecule has 0 unspecified atom stereocenters. The van der Waals surface area contributed by atoms with Gasteiger partial charge in [-0.1, -0.05) is 65.9 Å². The van der Waals surface area contributed by atoms with E-state index >= 15 is 0 Å². The Morgan fingerprint density at radius 3 is 1.53 bits per heavy atom. The fraction of sp³-hybridized carbons (Fsp3) is 0.849. The molecule has 0 aromatic carbocycles. The molecule has 8 fully saturated rings. The Bertz CT molecular complexity index is 1890. The zero-order chi connectivity index (χ0) is 43.8. The molecule has 0 amide bonds. The number of Topliss-reactive ketones (excluding diaryl/α,β-unsaturated/α-hetero) is 2. The van der Waals surface area contributed by atoms with Crippen molar-refractivity contribution in [2.24, 2.45) is 80.8 Å². The lowest BCUT2D eigenvalue weighted by Gasteiger charge is -2.61. The van der Waals surface area contributed by atoms with Gasteiger partial charge in [0.1, 0.15) is 5.78 Å². The lowest BCUT2D eigenvalue weighted by atomic mass is 9.44. The summed E-state index contributed by atoms with van der Waals surface area (Å²) in [5, 5.41) is 21.8. The van der Waals surface area contributed by atoms with Crippen molar-refractivity contribution in [1.82, 2.24) is 19.5 Å². The molecule has 0 radical (unpaired) electrons. The van der Waals surface area contributed by atoms with Gasteiger partial charge in [0.15, 0.2) is 5.78 Å². The maximum atomic E-state index is 13.2. The first-order valence-corrected chi connectivity index (χ1v) is 25.2. The van der Waals surface area contributed by atoms with Crippen LogP contribution in [0.2, 0.25) is 0 Å². The minimum absolute atomic E-state index is 0. The molecule has 2 aromatic rings. The summed E-state index contributed by atoms with van der Waals surface area (Å²) in [5.74, 6) is 5.97. The number of hydrogen-bond acceptors (Lipinski definition) is 6. The van der Waals surface area contributed by atoms with Crippen LogP contribution in [0.1, 0.15) is 179 Å². The fourth-order valence-electron chi connectivity index (χ4n) is 17.0. The molecule has 8 saturated carbocycles. The highest BCUT2D eigenvalue weighted by molar-refractivity contribution is 9.09. The number of ketones is 2. The number of hydrogen-bond donors (Lipinski definition) is 3. The Morgan fingerprint density at radius 2 is 1.14 bits per heavy atom. The van der Waals surface area contributed by atoms with E-state index < -0.39 is 23.1 Å². The van der Waals surface area contributed by atoms with Crippen LogP contribution < -0.4 is 0 Å². The SMILES string of the molecule is C.C.C.C[C@@]1(O)CC[C@@]2(C)[C@@H](CC[C@@H]3[C@@H]2CC[C@]2(C)[C@@H](C(=O)CBr)CC[C@@H]32)C1.C[C@@]1(O)CC[C@@]2(C)[C@@H](CC[C@@H]3[C@@H]2CC[C@]2(C)[C@@H](C(=O)Cn4cnc(F)c4)CC[C@@H]32)C1.Fc1cnc[nH]1. The van der Waals surface area contributed by atoms with Gasteiger partial charge >= 0.3 is 0 Å². The maximum absolute atomic E-state index is 13.2. The Kier molecular flexibility index (Phi) is 16.2. The summed E-state index contributed by atoms with van der Waals surface area (Å²) in [4.78, 5) is 35.0. The van der Waals surface area contributed by atoms with Crippen LogP contribution in [0.15, 0.2) is 25.0 Å². The second kappa shape index (κ2) is 19.6. The second-order valence-corrected chi connectivity index (χ2v) is 24.0. The highest BCUT2D eigenvalue weighted by Crippen LogP contribution is 2.70. The van der Waals surface area contributed by atoms with E-state index in [9.17, 15) is 28.6 Å².